The number of hydrogen-bond donors (Lipinski definition) is 1. The van der Waals surface area contributed by atoms with Crippen LogP contribution < -0.4 is 4.74 Å². The number of aliphatic carboxylic acids is 1. The average molecular weight is 422 g/mol. The van der Waals surface area contributed by atoms with Gasteiger partial charge >= 0.3 is 5.97 Å². The van der Waals surface area contributed by atoms with Crippen molar-refractivity contribution in [2.45, 2.75) is 70.8 Å². The van der Waals surface area contributed by atoms with E-state index >= 15 is 0 Å². The number of imidazole rings is 1. The van der Waals surface area contributed by atoms with Crippen molar-refractivity contribution in [1.29, 1.82) is 0 Å². The van der Waals surface area contributed by atoms with Gasteiger partial charge in [0.05, 0.1) is 19.1 Å². The van der Waals surface area contributed by atoms with Gasteiger partial charge in [0.25, 0.3) is 0 Å². The Morgan fingerprint density at radius 2 is 2.00 bits per heavy atom. The molecular weight excluding hydrogens is 390 g/mol. The molecule has 4 rings (SSSR count). The third-order valence-electron chi connectivity index (χ3n) is 6.67. The maximum atomic E-state index is 12.3. The Morgan fingerprint density at radius 1 is 1.23 bits per heavy atom. The summed E-state index contributed by atoms with van der Waals surface area (Å²) >= 11 is 0. The number of pyridine rings is 1. The van der Waals surface area contributed by atoms with Crippen molar-refractivity contribution in [3.8, 4) is 5.75 Å². The summed E-state index contributed by atoms with van der Waals surface area (Å²) in [5.74, 6) is 1.01. The van der Waals surface area contributed by atoms with Gasteiger partial charge in [-0.25, -0.2) is 9.97 Å². The van der Waals surface area contributed by atoms with Crippen LogP contribution in [-0.2, 0) is 23.2 Å². The molecule has 0 aliphatic heterocycles. The van der Waals surface area contributed by atoms with E-state index in [1.54, 1.807) is 7.11 Å². The predicted molar refractivity (Wildman–Crippen MR) is 121 cm³/mol. The highest BCUT2D eigenvalue weighted by molar-refractivity contribution is 5.82. The fraction of sp³-hybridized carbons (Fsp3) is 0.480. The summed E-state index contributed by atoms with van der Waals surface area (Å²) < 4.78 is 7.90. The number of ether oxygens (including phenoxy) is 1. The lowest BCUT2D eigenvalue weighted by molar-refractivity contribution is -0.145. The number of carboxylic acid groups (broad SMARTS) is 1. The molecule has 6 nitrogen and oxygen atoms in total. The number of rotatable bonds is 7. The molecule has 3 aromatic rings. The molecule has 1 aliphatic rings. The molecule has 1 aromatic carbocycles. The number of aryl methyl sites for hydroxylation is 2. The van der Waals surface area contributed by atoms with Crippen LogP contribution in [0.3, 0.4) is 0 Å². The summed E-state index contributed by atoms with van der Waals surface area (Å²) in [4.78, 5) is 21.7. The molecule has 1 aliphatic carbocycles. The lowest BCUT2D eigenvalue weighted by atomic mass is 9.69. The minimum atomic E-state index is -0.808. The SMILES string of the molecule is CCCc1nc2c(C)ccnc2n1Cc1ccc(C2(C(=O)O)CCCCC2)cc1OC. The number of nitrogens with zero attached hydrogens (tertiary/aromatic N) is 3. The van der Waals surface area contributed by atoms with Crippen LogP contribution in [0.15, 0.2) is 30.5 Å². The van der Waals surface area contributed by atoms with Gasteiger partial charge in [-0.05, 0) is 49.4 Å². The molecular formula is C25H31N3O3. The van der Waals surface area contributed by atoms with Crippen LogP contribution in [0, 0.1) is 6.92 Å². The molecule has 0 bridgehead atoms. The van der Waals surface area contributed by atoms with Crippen LogP contribution in [0.4, 0.5) is 0 Å². The second-order valence-electron chi connectivity index (χ2n) is 8.64. The van der Waals surface area contributed by atoms with Gasteiger partial charge in [-0.3, -0.25) is 4.79 Å². The number of methoxy groups -OCH3 is 1. The first-order valence-corrected chi connectivity index (χ1v) is 11.2. The summed E-state index contributed by atoms with van der Waals surface area (Å²) in [5, 5.41) is 10.1. The molecule has 1 fully saturated rings. The topological polar surface area (TPSA) is 77.2 Å². The Bertz CT molecular complexity index is 1100. The zero-order valence-corrected chi connectivity index (χ0v) is 18.6. The summed E-state index contributed by atoms with van der Waals surface area (Å²) in [6.07, 6.45) is 8.06. The molecule has 1 N–H and O–H groups in total. The molecule has 0 radical (unpaired) electrons. The fourth-order valence-corrected chi connectivity index (χ4v) is 4.89. The quantitative estimate of drug-likeness (QED) is 0.579. The van der Waals surface area contributed by atoms with E-state index in [-0.39, 0.29) is 0 Å². The van der Waals surface area contributed by atoms with E-state index in [2.05, 4.69) is 23.4 Å². The van der Waals surface area contributed by atoms with Gasteiger partial charge in [0.2, 0.25) is 0 Å². The van der Waals surface area contributed by atoms with Crippen molar-refractivity contribution in [2.24, 2.45) is 0 Å². The van der Waals surface area contributed by atoms with E-state index in [4.69, 9.17) is 9.72 Å². The maximum Gasteiger partial charge on any atom is 0.314 e. The first-order valence-electron chi connectivity index (χ1n) is 11.2. The second-order valence-corrected chi connectivity index (χ2v) is 8.64. The largest absolute Gasteiger partial charge is 0.496 e. The van der Waals surface area contributed by atoms with Gasteiger partial charge in [0.1, 0.15) is 17.1 Å². The fourth-order valence-electron chi connectivity index (χ4n) is 4.89. The molecule has 164 valence electrons. The number of carboxylic acids is 1. The Morgan fingerprint density at radius 3 is 2.68 bits per heavy atom. The van der Waals surface area contributed by atoms with Gasteiger partial charge in [0, 0.05) is 18.2 Å². The number of hydrogen-bond acceptors (Lipinski definition) is 4. The van der Waals surface area contributed by atoms with Crippen LogP contribution in [0.2, 0.25) is 0 Å². The molecule has 0 unspecified atom stereocenters. The minimum absolute atomic E-state index is 0.589. The summed E-state index contributed by atoms with van der Waals surface area (Å²) in [6, 6.07) is 7.92. The Kier molecular flexibility index (Phi) is 5.99. The monoisotopic (exact) mass is 421 g/mol. The van der Waals surface area contributed by atoms with Crippen LogP contribution in [0.5, 0.6) is 5.75 Å². The first kappa shape index (κ1) is 21.3. The standard InChI is InChI=1S/C25H31N3O3/c1-4-8-21-27-22-17(2)11-14-26-23(22)28(21)16-18-9-10-19(15-20(18)31-3)25(24(29)30)12-6-5-7-13-25/h9-11,14-15H,4-8,12-13,16H2,1-3H3,(H,29,30). The van der Waals surface area contributed by atoms with Gasteiger partial charge in [-0.1, -0.05) is 38.3 Å². The highest BCUT2D eigenvalue weighted by atomic mass is 16.5. The molecule has 6 heteroatoms. The summed E-state index contributed by atoms with van der Waals surface area (Å²) in [6.45, 7) is 4.79. The highest BCUT2D eigenvalue weighted by Crippen LogP contribution is 2.41. The summed E-state index contributed by atoms with van der Waals surface area (Å²) in [5.41, 5.74) is 3.97. The van der Waals surface area contributed by atoms with E-state index in [9.17, 15) is 9.90 Å². The van der Waals surface area contributed by atoms with Crippen molar-refractivity contribution in [3.05, 3.63) is 53.0 Å². The second kappa shape index (κ2) is 8.69. The lowest BCUT2D eigenvalue weighted by Gasteiger charge is -2.34. The number of fused-ring (bicyclic) bond motifs is 1. The van der Waals surface area contributed by atoms with Crippen molar-refractivity contribution in [2.75, 3.05) is 7.11 Å². The molecule has 2 aromatic heterocycles. The van der Waals surface area contributed by atoms with Crippen molar-refractivity contribution >= 4 is 17.1 Å². The van der Waals surface area contributed by atoms with Crippen molar-refractivity contribution in [3.63, 3.8) is 0 Å². The number of benzene rings is 1. The van der Waals surface area contributed by atoms with E-state index in [1.807, 2.05) is 30.5 Å². The Labute approximate surface area is 183 Å². The molecule has 2 heterocycles. The number of carbonyl (C=O) groups is 1. The third-order valence-corrected chi connectivity index (χ3v) is 6.67. The van der Waals surface area contributed by atoms with Crippen molar-refractivity contribution in [1.82, 2.24) is 14.5 Å². The minimum Gasteiger partial charge on any atom is -0.496 e. The zero-order valence-electron chi connectivity index (χ0n) is 18.6. The molecule has 31 heavy (non-hydrogen) atoms. The Hall–Kier alpha value is -2.89. The maximum absolute atomic E-state index is 12.3. The molecule has 1 saturated carbocycles. The van der Waals surface area contributed by atoms with E-state index in [0.717, 1.165) is 71.5 Å². The normalized spacial score (nSPS) is 15.8. The average Bonchev–Trinajstić information content (AvgIpc) is 3.13. The van der Waals surface area contributed by atoms with E-state index in [1.165, 1.54) is 0 Å². The van der Waals surface area contributed by atoms with Crippen molar-refractivity contribution < 1.29 is 14.6 Å². The molecule has 0 amide bonds. The van der Waals surface area contributed by atoms with E-state index < -0.39 is 11.4 Å². The number of aromatic nitrogens is 3. The van der Waals surface area contributed by atoms with Gasteiger partial charge in [0.15, 0.2) is 5.65 Å². The van der Waals surface area contributed by atoms with E-state index in [0.29, 0.717) is 19.4 Å². The third kappa shape index (κ3) is 3.80. The molecule has 0 saturated heterocycles. The van der Waals surface area contributed by atoms with Crippen LogP contribution >= 0.6 is 0 Å². The smallest absolute Gasteiger partial charge is 0.314 e. The van der Waals surface area contributed by atoms with Crippen LogP contribution in [-0.4, -0.2) is 32.7 Å². The first-order chi connectivity index (χ1) is 15.0. The van der Waals surface area contributed by atoms with Gasteiger partial charge in [-0.2, -0.15) is 0 Å². The molecule has 0 spiro atoms. The van der Waals surface area contributed by atoms with Crippen LogP contribution in [0.1, 0.15) is 68.0 Å². The van der Waals surface area contributed by atoms with Crippen LogP contribution in [0.25, 0.3) is 11.2 Å². The van der Waals surface area contributed by atoms with Gasteiger partial charge < -0.3 is 14.4 Å². The van der Waals surface area contributed by atoms with Gasteiger partial charge in [-0.15, -0.1) is 0 Å². The Balaban J connectivity index is 1.76. The summed E-state index contributed by atoms with van der Waals surface area (Å²) in [7, 11) is 1.65. The molecule has 0 atom stereocenters. The predicted octanol–water partition coefficient (Wildman–Crippen LogP) is 5.04. The zero-order chi connectivity index (χ0) is 22.0. The highest BCUT2D eigenvalue weighted by Gasteiger charge is 2.41. The lowest BCUT2D eigenvalue weighted by Crippen LogP contribution is -2.37.